The predicted molar refractivity (Wildman–Crippen MR) is 52.7 cm³/mol. The number of halogens is 1. The van der Waals surface area contributed by atoms with Crippen LogP contribution >= 0.6 is 0 Å². The van der Waals surface area contributed by atoms with E-state index >= 15 is 0 Å². The molecule has 1 amide bonds. The van der Waals surface area contributed by atoms with Crippen LogP contribution in [0.15, 0.2) is 0 Å². The zero-order valence-electron chi connectivity index (χ0n) is 9.27. The monoisotopic (exact) mass is 255 g/mol. The Morgan fingerprint density at radius 3 is 2.56 bits per heavy atom. The van der Waals surface area contributed by atoms with E-state index in [1.807, 2.05) is 0 Å². The molecule has 1 atom stereocenters. The summed E-state index contributed by atoms with van der Waals surface area (Å²) < 4.78 is 44.6. The Morgan fingerprint density at radius 1 is 1.56 bits per heavy atom. The van der Waals surface area contributed by atoms with Crippen LogP contribution in [0.5, 0.6) is 0 Å². The Hall–Kier alpha value is -0.890. The maximum Gasteiger partial charge on any atom is 0.426 e. The highest BCUT2D eigenvalue weighted by atomic mass is 32.2. The van der Waals surface area contributed by atoms with Gasteiger partial charge in [-0.05, 0) is 20.8 Å². The van der Waals surface area contributed by atoms with Crippen molar-refractivity contribution < 1.29 is 26.5 Å². The molecule has 0 bridgehead atoms. The summed E-state index contributed by atoms with van der Waals surface area (Å²) >= 11 is 0. The molecule has 0 N–H and O–H groups in total. The summed E-state index contributed by atoms with van der Waals surface area (Å²) in [5, 5.41) is 0. The summed E-state index contributed by atoms with van der Waals surface area (Å²) in [5.41, 5.74) is -0.851. The third-order valence-corrected chi connectivity index (χ3v) is 3.10. The van der Waals surface area contributed by atoms with Gasteiger partial charge in [0.1, 0.15) is 18.3 Å². The molecule has 16 heavy (non-hydrogen) atoms. The quantitative estimate of drug-likeness (QED) is 0.694. The van der Waals surface area contributed by atoms with Crippen LogP contribution in [0.3, 0.4) is 0 Å². The Bertz CT molecular complexity index is 374. The molecule has 0 radical (unpaired) electrons. The van der Waals surface area contributed by atoms with Crippen molar-refractivity contribution in [2.75, 3.05) is 13.3 Å². The highest BCUT2D eigenvalue weighted by molar-refractivity contribution is 7.85. The number of alkyl halides is 1. The highest BCUT2D eigenvalue weighted by Crippen LogP contribution is 2.22. The van der Waals surface area contributed by atoms with E-state index in [9.17, 15) is 17.6 Å². The van der Waals surface area contributed by atoms with Crippen molar-refractivity contribution in [1.82, 2.24) is 4.31 Å². The van der Waals surface area contributed by atoms with Gasteiger partial charge in [-0.15, -0.1) is 0 Å². The van der Waals surface area contributed by atoms with E-state index in [0.717, 1.165) is 0 Å². The number of ether oxygens (including phenoxy) is 1. The molecular formula is C8H14FNO5S. The van der Waals surface area contributed by atoms with Gasteiger partial charge in [0.15, 0.2) is 0 Å². The summed E-state index contributed by atoms with van der Waals surface area (Å²) in [6, 6.07) is -1.14. The molecule has 0 aliphatic carbocycles. The van der Waals surface area contributed by atoms with Crippen LogP contribution in [-0.2, 0) is 19.2 Å². The van der Waals surface area contributed by atoms with Crippen molar-refractivity contribution >= 4 is 16.4 Å². The van der Waals surface area contributed by atoms with Crippen LogP contribution in [-0.4, -0.2) is 43.7 Å². The van der Waals surface area contributed by atoms with Crippen molar-refractivity contribution in [3.05, 3.63) is 0 Å². The van der Waals surface area contributed by atoms with Gasteiger partial charge in [0.2, 0.25) is 0 Å². The molecule has 1 aliphatic heterocycles. The number of nitrogens with zero attached hydrogens (tertiary/aromatic N) is 1. The first-order chi connectivity index (χ1) is 7.17. The van der Waals surface area contributed by atoms with E-state index in [0.29, 0.717) is 4.31 Å². The number of amides is 1. The van der Waals surface area contributed by atoms with E-state index < -0.39 is 34.7 Å². The summed E-state index contributed by atoms with van der Waals surface area (Å²) in [4.78, 5) is 11.5. The topological polar surface area (TPSA) is 72.9 Å². The third-order valence-electron chi connectivity index (χ3n) is 1.73. The van der Waals surface area contributed by atoms with Gasteiger partial charge >= 0.3 is 16.4 Å². The number of hydrogen-bond donors (Lipinski definition) is 0. The normalized spacial score (nSPS) is 24.5. The first kappa shape index (κ1) is 13.2. The Balaban J connectivity index is 2.88. The molecule has 0 aromatic heterocycles. The van der Waals surface area contributed by atoms with Crippen molar-refractivity contribution in [2.24, 2.45) is 0 Å². The standard InChI is InChI=1S/C8H14FNO5S/c1-8(2,3)15-7(11)10-6(4-9)5-14-16(10,12)13/h6H,4-5H2,1-3H3/t6-/m1/s1. The summed E-state index contributed by atoms with van der Waals surface area (Å²) in [6.45, 7) is 3.37. The minimum Gasteiger partial charge on any atom is -0.443 e. The molecular weight excluding hydrogens is 241 g/mol. The first-order valence-corrected chi connectivity index (χ1v) is 6.01. The van der Waals surface area contributed by atoms with E-state index in [1.54, 1.807) is 20.8 Å². The van der Waals surface area contributed by atoms with Crippen molar-refractivity contribution in [3.63, 3.8) is 0 Å². The molecule has 1 rings (SSSR count). The Labute approximate surface area is 93.6 Å². The van der Waals surface area contributed by atoms with Gasteiger partial charge in [0, 0.05) is 0 Å². The van der Waals surface area contributed by atoms with Crippen molar-refractivity contribution in [2.45, 2.75) is 32.4 Å². The van der Waals surface area contributed by atoms with E-state index in [1.165, 1.54) is 0 Å². The zero-order chi connectivity index (χ0) is 12.6. The van der Waals surface area contributed by atoms with Gasteiger partial charge in [-0.3, -0.25) is 4.18 Å². The molecule has 1 heterocycles. The fourth-order valence-corrected chi connectivity index (χ4v) is 2.27. The molecule has 94 valence electrons. The molecule has 1 fully saturated rings. The Morgan fingerprint density at radius 2 is 2.12 bits per heavy atom. The molecule has 1 saturated heterocycles. The number of rotatable bonds is 1. The lowest BCUT2D eigenvalue weighted by Crippen LogP contribution is -2.43. The van der Waals surface area contributed by atoms with Gasteiger partial charge in [-0.2, -0.15) is 12.7 Å². The minimum atomic E-state index is -4.20. The second-order valence-corrected chi connectivity index (χ2v) is 5.81. The molecule has 1 aliphatic rings. The van der Waals surface area contributed by atoms with Crippen LogP contribution in [0.1, 0.15) is 20.8 Å². The average molecular weight is 255 g/mol. The molecule has 0 aromatic rings. The first-order valence-electron chi connectivity index (χ1n) is 4.65. The van der Waals surface area contributed by atoms with Crippen LogP contribution in [0, 0.1) is 0 Å². The molecule has 6 nitrogen and oxygen atoms in total. The predicted octanol–water partition coefficient (Wildman–Crippen LogP) is 0.837. The van der Waals surface area contributed by atoms with Crippen molar-refractivity contribution in [3.8, 4) is 0 Å². The van der Waals surface area contributed by atoms with Crippen LogP contribution in [0.2, 0.25) is 0 Å². The summed E-state index contributed by atoms with van der Waals surface area (Å²) in [5.74, 6) is 0. The maximum atomic E-state index is 12.5. The molecule has 8 heteroatoms. The number of hydrogen-bond acceptors (Lipinski definition) is 5. The van der Waals surface area contributed by atoms with Crippen LogP contribution in [0.25, 0.3) is 0 Å². The SMILES string of the molecule is CC(C)(C)OC(=O)N1[C@H](CF)COS1(=O)=O. The van der Waals surface area contributed by atoms with Gasteiger partial charge in [-0.25, -0.2) is 9.18 Å². The highest BCUT2D eigenvalue weighted by Gasteiger charge is 2.44. The Kier molecular flexibility index (Phi) is 3.44. The van der Waals surface area contributed by atoms with Gasteiger partial charge in [0.05, 0.1) is 6.61 Å². The lowest BCUT2D eigenvalue weighted by atomic mass is 10.2. The molecule has 0 saturated carbocycles. The smallest absolute Gasteiger partial charge is 0.426 e. The molecule has 0 aromatic carbocycles. The van der Waals surface area contributed by atoms with Crippen LogP contribution < -0.4 is 0 Å². The van der Waals surface area contributed by atoms with Crippen LogP contribution in [0.4, 0.5) is 9.18 Å². The summed E-state index contributed by atoms with van der Waals surface area (Å²) in [6.07, 6.45) is -1.12. The zero-order valence-corrected chi connectivity index (χ0v) is 10.1. The van der Waals surface area contributed by atoms with E-state index in [2.05, 4.69) is 4.18 Å². The van der Waals surface area contributed by atoms with Crippen molar-refractivity contribution in [1.29, 1.82) is 0 Å². The molecule has 0 spiro atoms. The van der Waals surface area contributed by atoms with Gasteiger partial charge in [0.25, 0.3) is 0 Å². The number of carbonyl (C=O) groups excluding carboxylic acids is 1. The van der Waals surface area contributed by atoms with Gasteiger partial charge < -0.3 is 4.74 Å². The second-order valence-electron chi connectivity index (χ2n) is 4.33. The fourth-order valence-electron chi connectivity index (χ4n) is 1.13. The fraction of sp³-hybridized carbons (Fsp3) is 0.875. The lowest BCUT2D eigenvalue weighted by Gasteiger charge is -2.24. The van der Waals surface area contributed by atoms with E-state index in [4.69, 9.17) is 4.74 Å². The lowest BCUT2D eigenvalue weighted by molar-refractivity contribution is 0.0343. The third kappa shape index (κ3) is 2.82. The second kappa shape index (κ2) is 4.17. The van der Waals surface area contributed by atoms with Gasteiger partial charge in [-0.1, -0.05) is 0 Å². The maximum absolute atomic E-state index is 12.5. The number of carbonyl (C=O) groups is 1. The minimum absolute atomic E-state index is 0.304. The molecule has 0 unspecified atom stereocenters. The largest absolute Gasteiger partial charge is 0.443 e. The summed E-state index contributed by atoms with van der Waals surface area (Å²) in [7, 11) is -4.20. The average Bonchev–Trinajstić information content (AvgIpc) is 2.37. The van der Waals surface area contributed by atoms with E-state index in [-0.39, 0.29) is 6.61 Å².